The van der Waals surface area contributed by atoms with Crippen LogP contribution in [0, 0.1) is 42.9 Å². The van der Waals surface area contributed by atoms with Crippen molar-refractivity contribution in [1.29, 1.82) is 0 Å². The van der Waals surface area contributed by atoms with Crippen LogP contribution in [0.15, 0.2) is 200 Å². The lowest BCUT2D eigenvalue weighted by molar-refractivity contribution is -0.386. The summed E-state index contributed by atoms with van der Waals surface area (Å²) in [6, 6.07) is 42.2. The van der Waals surface area contributed by atoms with Gasteiger partial charge < -0.3 is 39.0 Å². The summed E-state index contributed by atoms with van der Waals surface area (Å²) >= 11 is 12.5. The zero-order chi connectivity index (χ0) is 97.5. The lowest BCUT2D eigenvalue weighted by atomic mass is 9.72. The number of ether oxygens (including phenoxy) is 2. The Hall–Kier alpha value is -10.5. The van der Waals surface area contributed by atoms with Crippen molar-refractivity contribution in [3.63, 3.8) is 0 Å². The summed E-state index contributed by atoms with van der Waals surface area (Å²) in [7, 11) is -11.4. The monoisotopic (exact) mass is 1980 g/mol. The summed E-state index contributed by atoms with van der Waals surface area (Å²) in [6.07, 6.45) is 26.9. The van der Waals surface area contributed by atoms with E-state index in [0.717, 1.165) is 220 Å². The molecular formula is C103H128Cl2N16O12S4. The van der Waals surface area contributed by atoms with Gasteiger partial charge in [0.25, 0.3) is 43.2 Å². The Kier molecular flexibility index (Phi) is 31.7. The van der Waals surface area contributed by atoms with E-state index in [1.807, 2.05) is 43.3 Å². The normalized spacial score (nSPS) is 18.1. The maximum Gasteiger partial charge on any atom is 0.273 e. The van der Waals surface area contributed by atoms with Crippen LogP contribution in [-0.4, -0.2) is 232 Å². The number of carbonyl (C=O) groups is 2. The number of benzene rings is 6. The molecule has 10 aromatic rings. The molecular weight excluding hydrogens is 1850 g/mol. The minimum atomic E-state index is -4.56. The van der Waals surface area contributed by atoms with Gasteiger partial charge in [-0.2, -0.15) is 0 Å². The highest BCUT2D eigenvalue weighted by Crippen LogP contribution is 2.47. The quantitative estimate of drug-likeness (QED) is 0.0178. The molecule has 28 nitrogen and oxygen atoms in total. The highest BCUT2D eigenvalue weighted by molar-refractivity contribution is 8.01. The van der Waals surface area contributed by atoms with Crippen molar-refractivity contribution in [3.8, 4) is 23.0 Å². The number of anilines is 2. The molecule has 2 amide bonds. The van der Waals surface area contributed by atoms with Crippen LogP contribution in [0.2, 0.25) is 10.0 Å². The van der Waals surface area contributed by atoms with E-state index in [1.54, 1.807) is 60.9 Å². The van der Waals surface area contributed by atoms with Crippen molar-refractivity contribution < 1.29 is 45.7 Å². The molecule has 8 heterocycles. The third-order valence-corrected chi connectivity index (χ3v) is 31.8. The van der Waals surface area contributed by atoms with Crippen LogP contribution in [0.3, 0.4) is 0 Å². The van der Waals surface area contributed by atoms with Gasteiger partial charge in [0.2, 0.25) is 0 Å². The van der Waals surface area contributed by atoms with Crippen molar-refractivity contribution >= 4 is 142 Å². The number of halogens is 2. The molecule has 16 rings (SSSR count). The molecule has 4 aromatic heterocycles. The summed E-state index contributed by atoms with van der Waals surface area (Å²) in [5.74, 6) is 7.68. The number of piperazine rings is 2. The van der Waals surface area contributed by atoms with Gasteiger partial charge in [-0.25, -0.2) is 36.2 Å². The van der Waals surface area contributed by atoms with E-state index in [9.17, 15) is 46.7 Å². The molecule has 0 spiro atoms. The van der Waals surface area contributed by atoms with E-state index < -0.39 is 60.5 Å². The molecule has 730 valence electrons. The molecule has 0 bridgehead atoms. The van der Waals surface area contributed by atoms with Gasteiger partial charge in [0.05, 0.1) is 55.2 Å². The topological polar surface area (TPSA) is 333 Å². The molecule has 6 aliphatic rings. The van der Waals surface area contributed by atoms with Gasteiger partial charge >= 0.3 is 0 Å². The van der Waals surface area contributed by atoms with Crippen LogP contribution in [-0.2, 0) is 51.7 Å². The average Bonchev–Trinajstić information content (AvgIpc) is 1.03. The summed E-state index contributed by atoms with van der Waals surface area (Å²) in [6.45, 7) is 26.7. The second-order valence-corrected chi connectivity index (χ2v) is 50.9. The first-order chi connectivity index (χ1) is 65.0. The Bertz CT molecular complexity index is 6700. The fraction of sp³-hybridized carbons (Fsp3) is 0.437. The third kappa shape index (κ3) is 26.9. The minimum absolute atomic E-state index is 0.0251. The number of aromatic amines is 2. The molecule has 4 aliphatic heterocycles. The minimum Gasteiger partial charge on any atom is -0.455 e. The first kappa shape index (κ1) is 101. The molecule has 4 N–H and O–H groups in total. The van der Waals surface area contributed by atoms with Crippen LogP contribution in [0.25, 0.3) is 33.2 Å². The molecule has 137 heavy (non-hydrogen) atoms. The summed E-state index contributed by atoms with van der Waals surface area (Å²) in [5, 5.41) is 27.8. The Labute approximate surface area is 816 Å². The van der Waals surface area contributed by atoms with Gasteiger partial charge in [-0.05, 0) is 245 Å². The summed E-state index contributed by atoms with van der Waals surface area (Å²) in [5.41, 5.74) is 11.8. The fourth-order valence-corrected chi connectivity index (χ4v) is 23.8. The average molecular weight is 1980 g/mol. The molecule has 4 saturated heterocycles. The number of likely N-dealkylation sites (tertiary alicyclic amines) is 2. The number of nitro groups is 2. The second-order valence-electron chi connectivity index (χ2n) is 40.3. The standard InChI is InChI=1S/C52H65ClN8O6S2.C51H63ClN8O6S2/c1-36(17-22-58-23-18-42(19-24-58)56-68(4,5)6)29-38-9-13-45(32-48(38)61(63)64)69(65,66)57-51(62)46-14-12-43(31-49(46)67-44-30-39-16-21-54-50(39)55-34-44)60-27-25-59(26-28-60)35-40-15-20-52(2,3)33-47(40)37-7-10-41(53)11-8-37;1-35(33-57-21-17-41(18-22-57)55-67(4,5)6)27-37-9-13-44(30-47(37)60(62)63)68(64,65)56-50(61)45-14-12-42(29-48(45)66-43-28-38-16-20-53-49(38)54-32-43)59-25-23-58(24-26-59)34-39-15-19-51(2,3)31-46(39)36-7-10-40(52)11-8-36/h7-14,16,21,30-32,34,36,42H,4,15,17-20,22-29,33,35H2,1-3,5-6H3,(H,54,55)(H,57,62);7-14,16,20,28-30,32,35,41H,4,15,17-19,21-27,31,33-34H2,1-3,5-6H3,(H,53,54)(H,56,61)/t36-;35-/m01/s1. The second kappa shape index (κ2) is 43.1. The van der Waals surface area contributed by atoms with Gasteiger partial charge in [0.1, 0.15) is 34.3 Å². The number of hydrogen-bond acceptors (Lipinski definition) is 22. The number of aromatic nitrogens is 4. The van der Waals surface area contributed by atoms with Crippen LogP contribution >= 0.6 is 23.2 Å². The van der Waals surface area contributed by atoms with E-state index in [-0.39, 0.29) is 66.5 Å². The van der Waals surface area contributed by atoms with Crippen molar-refractivity contribution in [3.05, 3.63) is 245 Å². The summed E-state index contributed by atoms with van der Waals surface area (Å²) < 4.78 is 82.4. The number of fused-ring (bicyclic) bond motifs is 2. The van der Waals surface area contributed by atoms with Crippen molar-refractivity contribution in [1.82, 2.24) is 49.0 Å². The number of carbonyl (C=O) groups excluding carboxylic acids is 2. The first-order valence-corrected chi connectivity index (χ1v) is 56.0. The largest absolute Gasteiger partial charge is 0.455 e. The van der Waals surface area contributed by atoms with Gasteiger partial charge in [-0.1, -0.05) is 124 Å². The zero-order valence-corrected chi connectivity index (χ0v) is 84.8. The Morgan fingerprint density at radius 3 is 1.31 bits per heavy atom. The van der Waals surface area contributed by atoms with Crippen molar-refractivity contribution in [2.45, 2.75) is 147 Å². The number of nitrogens with zero attached hydrogens (tertiary/aromatic N) is 12. The van der Waals surface area contributed by atoms with Crippen LogP contribution in [0.1, 0.15) is 155 Å². The molecule has 4 fully saturated rings. The Morgan fingerprint density at radius 2 is 0.912 bits per heavy atom. The molecule has 0 radical (unpaired) electrons. The maximum absolute atomic E-state index is 14.1. The number of allylic oxidation sites excluding steroid dienone is 2. The highest BCUT2D eigenvalue weighted by atomic mass is 35.5. The first-order valence-electron chi connectivity index (χ1n) is 47.1. The van der Waals surface area contributed by atoms with Gasteiger partial charge in [-0.15, -0.1) is 18.8 Å². The zero-order valence-electron chi connectivity index (χ0n) is 80.0. The van der Waals surface area contributed by atoms with Gasteiger partial charge in [-0.3, -0.25) is 48.3 Å². The van der Waals surface area contributed by atoms with Gasteiger partial charge in [0.15, 0.2) is 0 Å². The lowest BCUT2D eigenvalue weighted by Crippen LogP contribution is -2.47. The number of piperidine rings is 2. The van der Waals surface area contributed by atoms with E-state index in [4.69, 9.17) is 41.4 Å². The number of nitrogens with one attached hydrogen (secondary N) is 4. The lowest BCUT2D eigenvalue weighted by Gasteiger charge is -2.39. The molecule has 0 saturated carbocycles. The Balaban J connectivity index is 0.000000208. The van der Waals surface area contributed by atoms with Crippen molar-refractivity contribution in [2.24, 2.45) is 31.4 Å². The number of amides is 2. The molecule has 2 atom stereocenters. The molecule has 34 heteroatoms. The molecule has 2 aliphatic carbocycles. The number of rotatable bonds is 31. The predicted molar refractivity (Wildman–Crippen MR) is 557 cm³/mol. The van der Waals surface area contributed by atoms with Crippen LogP contribution < -0.4 is 28.7 Å². The van der Waals surface area contributed by atoms with Crippen LogP contribution in [0.5, 0.6) is 23.0 Å². The smallest absolute Gasteiger partial charge is 0.273 e. The number of sulfonamides is 2. The highest BCUT2D eigenvalue weighted by Gasteiger charge is 2.36. The molecule has 6 aromatic carbocycles. The summed E-state index contributed by atoms with van der Waals surface area (Å²) in [4.78, 5) is 80.2. The Morgan fingerprint density at radius 1 is 0.518 bits per heavy atom. The number of pyridine rings is 2. The fourth-order valence-electron chi connectivity index (χ4n) is 19.6. The van der Waals surface area contributed by atoms with Crippen molar-refractivity contribution in [2.75, 3.05) is 140 Å². The van der Waals surface area contributed by atoms with Gasteiger partial charge in [0, 0.05) is 178 Å². The number of hydrogen-bond donors (Lipinski definition) is 4. The maximum atomic E-state index is 14.1. The SMILES string of the molecule is C=S(C)(C)=NC1CCN(CC[C@H](C)Cc2ccc(S(=O)(=O)NC(=O)c3ccc(N4CCN(CC5=C(c6ccc(Cl)cc6)CC(C)(C)CC5)CC4)cc3Oc3cnc4[nH]ccc4c3)cc2[N+](=O)[O-])CC1.C=S(C)(C)=NC1CCN(C[C@H](C)Cc2ccc(S(=O)(=O)NC(=O)c3ccc(N4CCN(CC5=C(c6ccc(Cl)cc6)CC(C)(C)CC5)CC4)cc3Oc3cnc4[nH]ccc4c3)cc2[N+](=O)[O-])CC1. The van der Waals surface area contributed by atoms with E-state index in [1.165, 1.54) is 70.1 Å². The third-order valence-electron chi connectivity index (χ3n) is 26.9. The number of H-pyrrole nitrogens is 2. The van der Waals surface area contributed by atoms with Crippen LogP contribution in [0.4, 0.5) is 22.7 Å². The van der Waals surface area contributed by atoms with E-state index >= 15 is 0 Å². The number of nitro benzene ring substituents is 2. The van der Waals surface area contributed by atoms with E-state index in [2.05, 4.69) is 154 Å². The molecule has 0 unspecified atom stereocenters. The predicted octanol–water partition coefficient (Wildman–Crippen LogP) is 19.4. The van der Waals surface area contributed by atoms with E-state index in [0.29, 0.717) is 58.8 Å².